The lowest BCUT2D eigenvalue weighted by atomic mass is 9.94. The van der Waals surface area contributed by atoms with Crippen molar-refractivity contribution in [1.82, 2.24) is 10.2 Å². The second kappa shape index (κ2) is 6.70. The van der Waals surface area contributed by atoms with E-state index in [4.69, 9.17) is 0 Å². The molecule has 7 nitrogen and oxygen atoms in total. The molecular formula is C21H17N3O4. The number of phenolic OH excluding ortho intramolecular Hbond substituents is 1. The number of nitrogens with zero attached hydrogens (tertiary/aromatic N) is 1. The highest BCUT2D eigenvalue weighted by Gasteiger charge is 2.35. The Balaban J connectivity index is 2.03. The van der Waals surface area contributed by atoms with Gasteiger partial charge in [0.05, 0.1) is 16.3 Å². The number of carbonyl (C=O) groups is 2. The molecule has 0 unspecified atom stereocenters. The van der Waals surface area contributed by atoms with Crippen molar-refractivity contribution in [3.8, 4) is 5.75 Å². The summed E-state index contributed by atoms with van der Waals surface area (Å²) in [4.78, 5) is 40.0. The first-order valence-corrected chi connectivity index (χ1v) is 8.78. The van der Waals surface area contributed by atoms with Crippen molar-refractivity contribution in [1.29, 1.82) is 0 Å². The van der Waals surface area contributed by atoms with Gasteiger partial charge in [-0.05, 0) is 42.8 Å². The van der Waals surface area contributed by atoms with Crippen molar-refractivity contribution in [3.63, 3.8) is 0 Å². The summed E-state index contributed by atoms with van der Waals surface area (Å²) in [6.07, 6.45) is 1.56. The molecule has 0 atom stereocenters. The minimum Gasteiger partial charge on any atom is -0.508 e. The second-order valence-corrected chi connectivity index (χ2v) is 6.37. The van der Waals surface area contributed by atoms with E-state index in [9.17, 15) is 19.5 Å². The number of ketones is 1. The third kappa shape index (κ3) is 2.73. The fraction of sp³-hybridized carbons (Fsp3) is 0.0952. The summed E-state index contributed by atoms with van der Waals surface area (Å²) in [5, 5.41) is 14.9. The molecule has 0 spiro atoms. The Morgan fingerprint density at radius 3 is 2.43 bits per heavy atom. The molecule has 0 bridgehead atoms. The maximum Gasteiger partial charge on any atom is 0.271 e. The van der Waals surface area contributed by atoms with Gasteiger partial charge in [-0.3, -0.25) is 24.6 Å². The molecule has 0 saturated carbocycles. The minimum atomic E-state index is -0.457. The Morgan fingerprint density at radius 2 is 1.71 bits per heavy atom. The number of phenols is 1. The number of Topliss-reactive ketones (excluding diaryl/α,β-unsaturated/α-hetero) is 1. The topological polar surface area (TPSA) is 106 Å². The summed E-state index contributed by atoms with van der Waals surface area (Å²) in [5.74, 6) is -0.787. The lowest BCUT2D eigenvalue weighted by molar-refractivity contribution is -0.113. The lowest BCUT2D eigenvalue weighted by Gasteiger charge is -2.28. The van der Waals surface area contributed by atoms with Crippen molar-refractivity contribution in [2.45, 2.75) is 6.92 Å². The lowest BCUT2D eigenvalue weighted by Crippen LogP contribution is -2.45. The molecule has 2 aromatic carbocycles. The van der Waals surface area contributed by atoms with Crippen molar-refractivity contribution >= 4 is 29.0 Å². The van der Waals surface area contributed by atoms with Crippen LogP contribution in [-0.2, 0) is 4.79 Å². The molecule has 3 N–H and O–H groups in total. The molecule has 1 aliphatic rings. The maximum atomic E-state index is 13.1. The van der Waals surface area contributed by atoms with E-state index in [1.165, 1.54) is 17.0 Å². The van der Waals surface area contributed by atoms with Crippen molar-refractivity contribution < 1.29 is 14.7 Å². The largest absolute Gasteiger partial charge is 0.508 e. The Bertz CT molecular complexity index is 1270. The van der Waals surface area contributed by atoms with Crippen LogP contribution in [0.5, 0.6) is 5.75 Å². The Labute approximate surface area is 159 Å². The van der Waals surface area contributed by atoms with Gasteiger partial charge in [0.15, 0.2) is 0 Å². The highest BCUT2D eigenvalue weighted by Crippen LogP contribution is 2.29. The fourth-order valence-corrected chi connectivity index (χ4v) is 3.35. The number of nitrogens with one attached hydrogen (secondary N) is 2. The number of fused-ring (bicyclic) bond motifs is 1. The number of benzene rings is 2. The van der Waals surface area contributed by atoms with Crippen LogP contribution in [-0.4, -0.2) is 33.5 Å². The zero-order valence-corrected chi connectivity index (χ0v) is 15.0. The van der Waals surface area contributed by atoms with E-state index >= 15 is 0 Å². The molecule has 0 fully saturated rings. The summed E-state index contributed by atoms with van der Waals surface area (Å²) < 4.78 is 0. The summed E-state index contributed by atoms with van der Waals surface area (Å²) in [6, 6.07) is 13.2. The van der Waals surface area contributed by atoms with Gasteiger partial charge in [-0.1, -0.05) is 24.3 Å². The van der Waals surface area contributed by atoms with Gasteiger partial charge in [0, 0.05) is 12.1 Å². The van der Waals surface area contributed by atoms with Crippen molar-refractivity contribution in [2.24, 2.45) is 0 Å². The van der Waals surface area contributed by atoms with Gasteiger partial charge in [-0.25, -0.2) is 0 Å². The zero-order chi connectivity index (χ0) is 19.8. The van der Waals surface area contributed by atoms with E-state index in [0.717, 1.165) is 0 Å². The number of aromatic amines is 2. The van der Waals surface area contributed by atoms with E-state index in [1.807, 2.05) is 6.92 Å². The molecular weight excluding hydrogens is 358 g/mol. The van der Waals surface area contributed by atoms with Gasteiger partial charge in [-0.15, -0.1) is 0 Å². The van der Waals surface area contributed by atoms with Gasteiger partial charge in [0.25, 0.3) is 11.5 Å². The summed E-state index contributed by atoms with van der Waals surface area (Å²) >= 11 is 0. The van der Waals surface area contributed by atoms with Crippen LogP contribution in [0.15, 0.2) is 53.3 Å². The standard InChI is InChI=1S/C21H17N3O4/c1-2-24-16-6-4-3-5-14(16)19(26)17(21(24)28)18-15(20(27)23-22-18)11-12-7-9-13(25)10-8-12/h3-11,22,25H,2H2,1H3,(H,23,27)/b15-11-,18-17+. The predicted molar refractivity (Wildman–Crippen MR) is 105 cm³/mol. The second-order valence-electron chi connectivity index (χ2n) is 6.37. The summed E-state index contributed by atoms with van der Waals surface area (Å²) in [5.41, 5.74) is 1.09. The van der Waals surface area contributed by atoms with E-state index in [1.54, 1.807) is 42.5 Å². The number of rotatable bonds is 2. The average molecular weight is 375 g/mol. The fourth-order valence-electron chi connectivity index (χ4n) is 3.35. The number of carbonyl (C=O) groups excluding carboxylic acids is 2. The quantitative estimate of drug-likeness (QED) is 0.611. The number of para-hydroxylation sites is 1. The number of aromatic hydroxyl groups is 1. The molecule has 2 heterocycles. The Morgan fingerprint density at radius 1 is 1.00 bits per heavy atom. The van der Waals surface area contributed by atoms with Crippen molar-refractivity contribution in [3.05, 3.63) is 80.6 Å². The number of aromatic nitrogens is 2. The normalized spacial score (nSPS) is 16.5. The van der Waals surface area contributed by atoms with E-state index in [2.05, 4.69) is 10.2 Å². The molecule has 3 aromatic rings. The SMILES string of the molecule is CCN1C(=O)/C(=c2/[nH][nH]c(=O)/c2=C\c2ccc(O)cc2)C(=O)c2ccccc21. The minimum absolute atomic E-state index is 0.0797. The first-order valence-electron chi connectivity index (χ1n) is 8.78. The summed E-state index contributed by atoms with van der Waals surface area (Å²) in [7, 11) is 0. The van der Waals surface area contributed by atoms with Gasteiger partial charge >= 0.3 is 0 Å². The van der Waals surface area contributed by atoms with Gasteiger partial charge in [0.2, 0.25) is 5.78 Å². The van der Waals surface area contributed by atoms with Crippen LogP contribution in [0.4, 0.5) is 5.69 Å². The first kappa shape index (κ1) is 17.5. The molecule has 1 aromatic heterocycles. The van der Waals surface area contributed by atoms with Crippen LogP contribution >= 0.6 is 0 Å². The van der Waals surface area contributed by atoms with Crippen LogP contribution in [0.25, 0.3) is 11.6 Å². The van der Waals surface area contributed by atoms with Crippen LogP contribution in [0.1, 0.15) is 22.8 Å². The molecule has 0 aliphatic carbocycles. The molecule has 0 saturated heterocycles. The van der Waals surface area contributed by atoms with Crippen LogP contribution < -0.4 is 21.0 Å². The van der Waals surface area contributed by atoms with Crippen LogP contribution in [0, 0.1) is 0 Å². The highest BCUT2D eigenvalue weighted by molar-refractivity contribution is 6.51. The van der Waals surface area contributed by atoms with Gasteiger partial charge in [0.1, 0.15) is 11.3 Å². The predicted octanol–water partition coefficient (Wildman–Crippen LogP) is 0.637. The number of hydrogen-bond acceptors (Lipinski definition) is 4. The summed E-state index contributed by atoms with van der Waals surface area (Å²) in [6.45, 7) is 2.21. The van der Waals surface area contributed by atoms with Crippen LogP contribution in [0.3, 0.4) is 0 Å². The number of anilines is 1. The van der Waals surface area contributed by atoms with Gasteiger partial charge in [-0.2, -0.15) is 0 Å². The van der Waals surface area contributed by atoms with E-state index in [-0.39, 0.29) is 21.9 Å². The van der Waals surface area contributed by atoms with E-state index < -0.39 is 17.2 Å². The molecule has 140 valence electrons. The van der Waals surface area contributed by atoms with Crippen molar-refractivity contribution in [2.75, 3.05) is 11.4 Å². The molecule has 28 heavy (non-hydrogen) atoms. The molecule has 1 amide bonds. The number of hydrogen-bond donors (Lipinski definition) is 3. The third-order valence-electron chi connectivity index (χ3n) is 4.71. The highest BCUT2D eigenvalue weighted by atomic mass is 16.3. The number of H-pyrrole nitrogens is 2. The Kier molecular flexibility index (Phi) is 4.19. The van der Waals surface area contributed by atoms with Gasteiger partial charge < -0.3 is 10.0 Å². The molecule has 7 heteroatoms. The molecule has 1 aliphatic heterocycles. The molecule has 4 rings (SSSR count). The Hall–Kier alpha value is -3.87. The molecule has 0 radical (unpaired) electrons. The van der Waals surface area contributed by atoms with E-state index in [0.29, 0.717) is 23.4 Å². The monoisotopic (exact) mass is 375 g/mol. The zero-order valence-electron chi connectivity index (χ0n) is 15.0. The third-order valence-corrected chi connectivity index (χ3v) is 4.71. The van der Waals surface area contributed by atoms with Crippen LogP contribution in [0.2, 0.25) is 0 Å². The first-order chi connectivity index (χ1) is 13.5. The number of amides is 1. The maximum absolute atomic E-state index is 13.1. The average Bonchev–Trinajstić information content (AvgIpc) is 3.04. The smallest absolute Gasteiger partial charge is 0.271 e.